The Labute approximate surface area is 98.4 Å². The average Bonchev–Trinajstić information content (AvgIpc) is 2.17. The molecule has 0 atom stereocenters. The van der Waals surface area contributed by atoms with E-state index >= 15 is 0 Å². The van der Waals surface area contributed by atoms with Crippen molar-refractivity contribution in [2.24, 2.45) is 5.73 Å². The predicted octanol–water partition coefficient (Wildman–Crippen LogP) is 2.23. The van der Waals surface area contributed by atoms with E-state index in [0.29, 0.717) is 5.56 Å². The first kappa shape index (κ1) is 12.3. The van der Waals surface area contributed by atoms with E-state index in [2.05, 4.69) is 5.32 Å². The van der Waals surface area contributed by atoms with Crippen molar-refractivity contribution in [1.82, 2.24) is 0 Å². The highest BCUT2D eigenvalue weighted by Crippen LogP contribution is 2.14. The normalized spacial score (nSPS) is 10.0. The number of thioether (sulfide) groups is 1. The smallest absolute Gasteiger partial charge is 0.135 e. The Morgan fingerprint density at radius 3 is 2.87 bits per heavy atom. The fourth-order valence-electron chi connectivity index (χ4n) is 1.12. The second-order valence-electron chi connectivity index (χ2n) is 2.98. The maximum absolute atomic E-state index is 13.4. The van der Waals surface area contributed by atoms with Crippen LogP contribution >= 0.6 is 24.0 Å². The summed E-state index contributed by atoms with van der Waals surface area (Å²) in [4.78, 5) is 0.0863. The highest BCUT2D eigenvalue weighted by atomic mass is 32.2. The van der Waals surface area contributed by atoms with Gasteiger partial charge < -0.3 is 11.1 Å². The maximum atomic E-state index is 13.4. The molecule has 15 heavy (non-hydrogen) atoms. The minimum atomic E-state index is -0.378. The van der Waals surface area contributed by atoms with Gasteiger partial charge in [0.2, 0.25) is 0 Å². The zero-order chi connectivity index (χ0) is 11.3. The van der Waals surface area contributed by atoms with Crippen LogP contribution < -0.4 is 11.1 Å². The number of halogens is 1. The summed E-state index contributed by atoms with van der Waals surface area (Å²) in [5.41, 5.74) is 6.40. The maximum Gasteiger partial charge on any atom is 0.135 e. The van der Waals surface area contributed by atoms with Crippen molar-refractivity contribution in [3.8, 4) is 0 Å². The Bertz CT molecular complexity index is 355. The lowest BCUT2D eigenvalue weighted by Gasteiger charge is -2.07. The van der Waals surface area contributed by atoms with E-state index in [1.807, 2.05) is 6.26 Å². The largest absolute Gasteiger partial charge is 0.389 e. The molecule has 0 aliphatic carbocycles. The van der Waals surface area contributed by atoms with Crippen LogP contribution in [0.1, 0.15) is 5.56 Å². The first-order chi connectivity index (χ1) is 7.15. The topological polar surface area (TPSA) is 38.0 Å². The molecule has 0 aliphatic heterocycles. The van der Waals surface area contributed by atoms with Crippen LogP contribution in [-0.4, -0.2) is 23.5 Å². The molecule has 0 aliphatic rings. The minimum absolute atomic E-state index is 0.0863. The van der Waals surface area contributed by atoms with E-state index in [0.717, 1.165) is 18.0 Å². The lowest BCUT2D eigenvalue weighted by Crippen LogP contribution is -2.12. The highest BCUT2D eigenvalue weighted by molar-refractivity contribution is 7.98. The number of nitrogens with two attached hydrogens (primary N) is 1. The third-order valence-electron chi connectivity index (χ3n) is 1.87. The molecule has 0 unspecified atom stereocenters. The van der Waals surface area contributed by atoms with Crippen molar-refractivity contribution in [3.05, 3.63) is 29.6 Å². The summed E-state index contributed by atoms with van der Waals surface area (Å²) in [7, 11) is 0. The van der Waals surface area contributed by atoms with Crippen LogP contribution in [0.15, 0.2) is 18.2 Å². The van der Waals surface area contributed by atoms with Gasteiger partial charge in [0, 0.05) is 23.5 Å². The lowest BCUT2D eigenvalue weighted by molar-refractivity contribution is 0.626. The summed E-state index contributed by atoms with van der Waals surface area (Å²) in [5.74, 6) is 0.607. The van der Waals surface area contributed by atoms with Crippen molar-refractivity contribution in [3.63, 3.8) is 0 Å². The van der Waals surface area contributed by atoms with E-state index in [-0.39, 0.29) is 10.8 Å². The molecule has 2 nitrogen and oxygen atoms in total. The van der Waals surface area contributed by atoms with Crippen LogP contribution in [0.5, 0.6) is 0 Å². The lowest BCUT2D eigenvalue weighted by atomic mass is 10.2. The molecule has 5 heteroatoms. The van der Waals surface area contributed by atoms with Crippen molar-refractivity contribution in [2.45, 2.75) is 0 Å². The second-order valence-corrected chi connectivity index (χ2v) is 4.40. The van der Waals surface area contributed by atoms with Gasteiger partial charge in [0.05, 0.1) is 0 Å². The number of benzene rings is 1. The van der Waals surface area contributed by atoms with Crippen molar-refractivity contribution in [2.75, 3.05) is 23.9 Å². The quantitative estimate of drug-likeness (QED) is 0.615. The number of hydrogen-bond donors (Lipinski definition) is 2. The van der Waals surface area contributed by atoms with Gasteiger partial charge in [-0.15, -0.1) is 0 Å². The average molecular weight is 244 g/mol. The van der Waals surface area contributed by atoms with Crippen molar-refractivity contribution < 1.29 is 4.39 Å². The Hall–Kier alpha value is -0.810. The fourth-order valence-corrected chi connectivity index (χ4v) is 1.59. The molecule has 0 saturated carbocycles. The van der Waals surface area contributed by atoms with Crippen LogP contribution in [0.2, 0.25) is 0 Å². The zero-order valence-electron chi connectivity index (χ0n) is 8.42. The van der Waals surface area contributed by atoms with Gasteiger partial charge in [-0.3, -0.25) is 0 Å². The van der Waals surface area contributed by atoms with Crippen LogP contribution in [0.25, 0.3) is 0 Å². The summed E-state index contributed by atoms with van der Waals surface area (Å²) in [5, 5.41) is 3.11. The Balaban J connectivity index is 2.69. The zero-order valence-corrected chi connectivity index (χ0v) is 10.1. The molecule has 0 spiro atoms. The van der Waals surface area contributed by atoms with E-state index in [4.69, 9.17) is 18.0 Å². The van der Waals surface area contributed by atoms with Gasteiger partial charge in [-0.2, -0.15) is 11.8 Å². The number of nitrogens with one attached hydrogen (secondary N) is 1. The SMILES string of the molecule is CSCCNc1ccc(C(N)=S)c(F)c1. The van der Waals surface area contributed by atoms with E-state index in [9.17, 15) is 4.39 Å². The Morgan fingerprint density at radius 2 is 2.33 bits per heavy atom. The van der Waals surface area contributed by atoms with Gasteiger partial charge in [-0.1, -0.05) is 12.2 Å². The molecule has 0 heterocycles. The number of thiocarbonyl (C=S) groups is 1. The van der Waals surface area contributed by atoms with Crippen LogP contribution in [0.4, 0.5) is 10.1 Å². The molecule has 0 fully saturated rings. The molecule has 0 saturated heterocycles. The van der Waals surface area contributed by atoms with Crippen molar-refractivity contribution in [1.29, 1.82) is 0 Å². The number of hydrogen-bond acceptors (Lipinski definition) is 3. The van der Waals surface area contributed by atoms with Gasteiger partial charge >= 0.3 is 0 Å². The predicted molar refractivity (Wildman–Crippen MR) is 69.2 cm³/mol. The van der Waals surface area contributed by atoms with Gasteiger partial charge in [0.15, 0.2) is 0 Å². The number of anilines is 1. The molecule has 1 rings (SSSR count). The Morgan fingerprint density at radius 1 is 1.60 bits per heavy atom. The van der Waals surface area contributed by atoms with Crippen LogP contribution in [-0.2, 0) is 0 Å². The van der Waals surface area contributed by atoms with Crippen molar-refractivity contribution >= 4 is 34.7 Å². The third-order valence-corrected chi connectivity index (χ3v) is 2.70. The molecular formula is C10H13FN2S2. The summed E-state index contributed by atoms with van der Waals surface area (Å²) in [6, 6.07) is 4.78. The van der Waals surface area contributed by atoms with E-state index in [1.165, 1.54) is 6.07 Å². The molecule has 0 bridgehead atoms. The Kier molecular flexibility index (Phi) is 4.84. The highest BCUT2D eigenvalue weighted by Gasteiger charge is 2.05. The molecule has 3 N–H and O–H groups in total. The molecule has 0 amide bonds. The van der Waals surface area contributed by atoms with Gasteiger partial charge in [0.1, 0.15) is 10.8 Å². The molecule has 0 radical (unpaired) electrons. The van der Waals surface area contributed by atoms with Gasteiger partial charge in [-0.25, -0.2) is 4.39 Å². The summed E-state index contributed by atoms with van der Waals surface area (Å²) in [6.07, 6.45) is 2.03. The minimum Gasteiger partial charge on any atom is -0.389 e. The first-order valence-corrected chi connectivity index (χ1v) is 6.27. The second kappa shape index (κ2) is 5.92. The standard InChI is InChI=1S/C10H13FN2S2/c1-15-5-4-13-7-2-3-8(10(12)14)9(11)6-7/h2-3,6,13H,4-5H2,1H3,(H2,12,14). The van der Waals surface area contributed by atoms with Crippen LogP contribution in [0, 0.1) is 5.82 Å². The molecule has 82 valence electrons. The summed E-state index contributed by atoms with van der Waals surface area (Å²) >= 11 is 6.45. The summed E-state index contributed by atoms with van der Waals surface area (Å²) in [6.45, 7) is 0.813. The number of rotatable bonds is 5. The monoisotopic (exact) mass is 244 g/mol. The fraction of sp³-hybridized carbons (Fsp3) is 0.300. The summed E-state index contributed by atoms with van der Waals surface area (Å²) < 4.78 is 13.4. The third kappa shape index (κ3) is 3.68. The molecule has 1 aromatic carbocycles. The van der Waals surface area contributed by atoms with Gasteiger partial charge in [0.25, 0.3) is 0 Å². The molecule has 1 aromatic rings. The molecule has 0 aromatic heterocycles. The first-order valence-electron chi connectivity index (χ1n) is 4.47. The van der Waals surface area contributed by atoms with Gasteiger partial charge in [-0.05, 0) is 24.5 Å². The van der Waals surface area contributed by atoms with Crippen LogP contribution in [0.3, 0.4) is 0 Å². The van der Waals surface area contributed by atoms with E-state index in [1.54, 1.807) is 23.9 Å². The van der Waals surface area contributed by atoms with E-state index < -0.39 is 0 Å². The molecular weight excluding hydrogens is 231 g/mol.